The molecule has 0 atom stereocenters. The molecule has 0 N–H and O–H groups in total. The predicted molar refractivity (Wildman–Crippen MR) is 69.3 cm³/mol. The average molecular weight is 276 g/mol. The molecule has 3 aromatic rings. The average Bonchev–Trinajstić information content (AvgIpc) is 3.01. The van der Waals surface area contributed by atoms with E-state index in [1.165, 1.54) is 12.4 Å². The highest BCUT2D eigenvalue weighted by Crippen LogP contribution is 2.21. The van der Waals surface area contributed by atoms with E-state index in [9.17, 15) is 4.79 Å². The summed E-state index contributed by atoms with van der Waals surface area (Å²) in [6, 6.07) is 0. The van der Waals surface area contributed by atoms with Crippen LogP contribution < -0.4 is 0 Å². The van der Waals surface area contributed by atoms with E-state index in [1.54, 1.807) is 27.8 Å². The monoisotopic (exact) mass is 275 g/mol. The molecule has 0 fully saturated rings. The van der Waals surface area contributed by atoms with Gasteiger partial charge in [-0.15, -0.1) is 0 Å². The number of fused-ring (bicyclic) bond motifs is 1. The SMILES string of the molecule is CCn1ncc(Cl)c1C(=O)c1cnn2ccncc12. The third-order valence-electron chi connectivity index (χ3n) is 2.88. The Bertz CT molecular complexity index is 760. The first-order valence-electron chi connectivity index (χ1n) is 5.75. The Kier molecular flexibility index (Phi) is 2.79. The van der Waals surface area contributed by atoms with E-state index in [4.69, 9.17) is 11.6 Å². The van der Waals surface area contributed by atoms with Crippen LogP contribution in [-0.4, -0.2) is 30.2 Å². The summed E-state index contributed by atoms with van der Waals surface area (Å²) in [6.45, 7) is 2.48. The number of aromatic nitrogens is 5. The quantitative estimate of drug-likeness (QED) is 0.684. The Morgan fingerprint density at radius 3 is 2.95 bits per heavy atom. The Morgan fingerprint density at radius 1 is 1.32 bits per heavy atom. The molecule has 0 saturated carbocycles. The second-order valence-electron chi connectivity index (χ2n) is 3.95. The first-order valence-corrected chi connectivity index (χ1v) is 6.13. The van der Waals surface area contributed by atoms with Crippen molar-refractivity contribution in [2.24, 2.45) is 0 Å². The van der Waals surface area contributed by atoms with E-state index in [1.807, 2.05) is 6.92 Å². The molecule has 0 aromatic carbocycles. The van der Waals surface area contributed by atoms with Crippen LogP contribution in [0.1, 0.15) is 23.0 Å². The number of halogens is 1. The Balaban J connectivity index is 2.16. The maximum atomic E-state index is 12.6. The van der Waals surface area contributed by atoms with Crippen molar-refractivity contribution in [1.29, 1.82) is 0 Å². The fourth-order valence-electron chi connectivity index (χ4n) is 1.96. The largest absolute Gasteiger partial charge is 0.287 e. The van der Waals surface area contributed by atoms with E-state index < -0.39 is 0 Å². The highest BCUT2D eigenvalue weighted by Gasteiger charge is 2.21. The van der Waals surface area contributed by atoms with Gasteiger partial charge in [0.1, 0.15) is 5.69 Å². The van der Waals surface area contributed by atoms with Crippen molar-refractivity contribution in [3.8, 4) is 0 Å². The number of hydrogen-bond acceptors (Lipinski definition) is 4. The zero-order valence-corrected chi connectivity index (χ0v) is 10.9. The van der Waals surface area contributed by atoms with Crippen molar-refractivity contribution in [3.63, 3.8) is 0 Å². The van der Waals surface area contributed by atoms with Crippen LogP contribution in [0, 0.1) is 0 Å². The minimum Gasteiger partial charge on any atom is -0.287 e. The molecule has 6 nitrogen and oxygen atoms in total. The smallest absolute Gasteiger partial charge is 0.216 e. The molecule has 0 unspecified atom stereocenters. The van der Waals surface area contributed by atoms with Crippen molar-refractivity contribution in [1.82, 2.24) is 24.4 Å². The van der Waals surface area contributed by atoms with Gasteiger partial charge >= 0.3 is 0 Å². The summed E-state index contributed by atoms with van der Waals surface area (Å²) in [5.41, 5.74) is 1.49. The van der Waals surface area contributed by atoms with Gasteiger partial charge in [0.15, 0.2) is 0 Å². The second-order valence-corrected chi connectivity index (χ2v) is 4.36. The topological polar surface area (TPSA) is 65.1 Å². The number of carbonyl (C=O) groups excluding carboxylic acids is 1. The standard InChI is InChI=1S/C12H10ClN5O/c1-2-17-11(9(13)6-16-17)12(19)8-5-15-18-4-3-14-7-10(8)18/h3-7H,2H2,1H3. The number of carbonyl (C=O) groups is 1. The van der Waals surface area contributed by atoms with Crippen LogP contribution in [0.2, 0.25) is 5.02 Å². The summed E-state index contributed by atoms with van der Waals surface area (Å²) in [6.07, 6.45) is 7.88. The van der Waals surface area contributed by atoms with Crippen LogP contribution in [0.3, 0.4) is 0 Å². The molecular formula is C12H10ClN5O. The van der Waals surface area contributed by atoms with Crippen molar-refractivity contribution in [3.05, 3.63) is 47.3 Å². The Morgan fingerprint density at radius 2 is 2.16 bits per heavy atom. The van der Waals surface area contributed by atoms with E-state index in [0.717, 1.165) is 0 Å². The van der Waals surface area contributed by atoms with Gasteiger partial charge in [-0.05, 0) is 6.92 Å². The molecule has 3 aromatic heterocycles. The van der Waals surface area contributed by atoms with Gasteiger partial charge in [0.2, 0.25) is 5.78 Å². The fourth-order valence-corrected chi connectivity index (χ4v) is 2.19. The van der Waals surface area contributed by atoms with Crippen LogP contribution in [0.4, 0.5) is 0 Å². The summed E-state index contributed by atoms with van der Waals surface area (Å²) < 4.78 is 3.17. The van der Waals surface area contributed by atoms with Crippen molar-refractivity contribution in [2.45, 2.75) is 13.5 Å². The van der Waals surface area contributed by atoms with E-state index in [-0.39, 0.29) is 5.78 Å². The van der Waals surface area contributed by atoms with Gasteiger partial charge < -0.3 is 0 Å². The zero-order valence-electron chi connectivity index (χ0n) is 10.1. The summed E-state index contributed by atoms with van der Waals surface area (Å²) in [4.78, 5) is 16.6. The fraction of sp³-hybridized carbons (Fsp3) is 0.167. The van der Waals surface area contributed by atoms with Crippen LogP contribution in [0.15, 0.2) is 31.0 Å². The van der Waals surface area contributed by atoms with Crippen LogP contribution >= 0.6 is 11.6 Å². The lowest BCUT2D eigenvalue weighted by Crippen LogP contribution is -2.11. The number of aryl methyl sites for hydroxylation is 1. The van der Waals surface area contributed by atoms with Gasteiger partial charge in [-0.1, -0.05) is 11.6 Å². The van der Waals surface area contributed by atoms with Gasteiger partial charge in [-0.3, -0.25) is 14.5 Å². The summed E-state index contributed by atoms with van der Waals surface area (Å²) in [5.74, 6) is -0.202. The molecule has 3 rings (SSSR count). The first-order chi connectivity index (χ1) is 9.22. The summed E-state index contributed by atoms with van der Waals surface area (Å²) in [7, 11) is 0. The third kappa shape index (κ3) is 1.80. The zero-order chi connectivity index (χ0) is 13.4. The van der Waals surface area contributed by atoms with Gasteiger partial charge in [0, 0.05) is 18.9 Å². The number of hydrogen-bond donors (Lipinski definition) is 0. The molecule has 19 heavy (non-hydrogen) atoms. The summed E-state index contributed by atoms with van der Waals surface area (Å²) >= 11 is 6.04. The molecule has 0 aliphatic carbocycles. The molecule has 0 bridgehead atoms. The molecule has 7 heteroatoms. The molecule has 96 valence electrons. The van der Waals surface area contributed by atoms with Gasteiger partial charge in [-0.25, -0.2) is 4.52 Å². The van der Waals surface area contributed by atoms with Crippen LogP contribution in [0.25, 0.3) is 5.52 Å². The van der Waals surface area contributed by atoms with Crippen molar-refractivity contribution < 1.29 is 4.79 Å². The molecule has 3 heterocycles. The molecule has 0 saturated heterocycles. The number of ketones is 1. The van der Waals surface area contributed by atoms with Gasteiger partial charge in [-0.2, -0.15) is 10.2 Å². The second kappa shape index (κ2) is 4.47. The lowest BCUT2D eigenvalue weighted by Gasteiger charge is -2.03. The summed E-state index contributed by atoms with van der Waals surface area (Å²) in [5, 5.41) is 8.53. The maximum absolute atomic E-state index is 12.6. The number of nitrogens with zero attached hydrogens (tertiary/aromatic N) is 5. The number of rotatable bonds is 3. The van der Waals surface area contributed by atoms with E-state index in [0.29, 0.717) is 28.3 Å². The molecule has 0 spiro atoms. The maximum Gasteiger partial charge on any atom is 0.216 e. The van der Waals surface area contributed by atoms with Gasteiger partial charge in [0.25, 0.3) is 0 Å². The van der Waals surface area contributed by atoms with E-state index >= 15 is 0 Å². The van der Waals surface area contributed by atoms with Crippen LogP contribution in [0.5, 0.6) is 0 Å². The lowest BCUT2D eigenvalue weighted by molar-refractivity contribution is 0.103. The third-order valence-corrected chi connectivity index (χ3v) is 3.16. The van der Waals surface area contributed by atoms with Crippen molar-refractivity contribution in [2.75, 3.05) is 0 Å². The lowest BCUT2D eigenvalue weighted by atomic mass is 10.1. The highest BCUT2D eigenvalue weighted by atomic mass is 35.5. The van der Waals surface area contributed by atoms with E-state index in [2.05, 4.69) is 15.2 Å². The molecule has 0 radical (unpaired) electrons. The Hall–Kier alpha value is -2.21. The molecule has 0 aliphatic rings. The predicted octanol–water partition coefficient (Wildman–Crippen LogP) is 1.83. The molecule has 0 amide bonds. The normalized spacial score (nSPS) is 11.1. The minimum atomic E-state index is -0.202. The minimum absolute atomic E-state index is 0.202. The Labute approximate surface area is 113 Å². The van der Waals surface area contributed by atoms with Crippen LogP contribution in [-0.2, 0) is 6.54 Å². The highest BCUT2D eigenvalue weighted by molar-refractivity contribution is 6.34. The molecule has 0 aliphatic heterocycles. The van der Waals surface area contributed by atoms with Crippen molar-refractivity contribution >= 4 is 22.9 Å². The van der Waals surface area contributed by atoms with Gasteiger partial charge in [0.05, 0.1) is 34.7 Å². The first kappa shape index (κ1) is 11.9. The molecular weight excluding hydrogens is 266 g/mol.